The summed E-state index contributed by atoms with van der Waals surface area (Å²) in [7, 11) is 1.72. The average Bonchev–Trinajstić information content (AvgIpc) is 3.15. The van der Waals surface area contributed by atoms with Gasteiger partial charge in [0.2, 0.25) is 0 Å². The van der Waals surface area contributed by atoms with Gasteiger partial charge in [0.1, 0.15) is 10.8 Å². The topological polar surface area (TPSA) is 34.1 Å². The van der Waals surface area contributed by atoms with E-state index in [0.717, 1.165) is 25.1 Å². The van der Waals surface area contributed by atoms with E-state index in [1.54, 1.807) is 7.11 Å². The SMILES string of the molecule is COc1ccc2c(c1)-c1nc(C3CCCN3)sc1CC2. The van der Waals surface area contributed by atoms with Gasteiger partial charge in [0.15, 0.2) is 0 Å². The van der Waals surface area contributed by atoms with Crippen molar-refractivity contribution >= 4 is 11.3 Å². The van der Waals surface area contributed by atoms with E-state index in [1.165, 1.54) is 39.5 Å². The van der Waals surface area contributed by atoms with E-state index in [1.807, 2.05) is 11.3 Å². The van der Waals surface area contributed by atoms with Gasteiger partial charge in [-0.15, -0.1) is 11.3 Å². The lowest BCUT2D eigenvalue weighted by atomic mass is 9.93. The highest BCUT2D eigenvalue weighted by Crippen LogP contribution is 2.40. The summed E-state index contributed by atoms with van der Waals surface area (Å²) in [5, 5.41) is 4.82. The second-order valence-corrected chi connectivity index (χ2v) is 6.61. The number of hydrogen-bond acceptors (Lipinski definition) is 4. The molecule has 3 nitrogen and oxygen atoms in total. The van der Waals surface area contributed by atoms with Crippen LogP contribution in [0.1, 0.15) is 34.3 Å². The third kappa shape index (κ3) is 1.95. The number of thiazole rings is 1. The van der Waals surface area contributed by atoms with Crippen molar-refractivity contribution in [3.8, 4) is 17.0 Å². The lowest BCUT2D eigenvalue weighted by Crippen LogP contribution is -2.12. The van der Waals surface area contributed by atoms with E-state index < -0.39 is 0 Å². The van der Waals surface area contributed by atoms with E-state index in [2.05, 4.69) is 23.5 Å². The van der Waals surface area contributed by atoms with Gasteiger partial charge in [-0.3, -0.25) is 0 Å². The number of hydrogen-bond donors (Lipinski definition) is 1. The molecule has 0 bridgehead atoms. The van der Waals surface area contributed by atoms with Crippen LogP contribution in [0.5, 0.6) is 5.75 Å². The Labute approximate surface area is 123 Å². The molecule has 4 heteroatoms. The van der Waals surface area contributed by atoms with Crippen molar-refractivity contribution in [2.45, 2.75) is 31.7 Å². The number of benzene rings is 1. The fourth-order valence-electron chi connectivity index (χ4n) is 3.16. The molecule has 1 aromatic carbocycles. The van der Waals surface area contributed by atoms with Gasteiger partial charge < -0.3 is 10.1 Å². The van der Waals surface area contributed by atoms with Gasteiger partial charge in [-0.2, -0.15) is 0 Å². The quantitative estimate of drug-likeness (QED) is 0.919. The number of rotatable bonds is 2. The number of ether oxygens (including phenoxy) is 1. The molecular formula is C16H18N2OS. The zero-order chi connectivity index (χ0) is 13.5. The molecule has 104 valence electrons. The van der Waals surface area contributed by atoms with Gasteiger partial charge in [0, 0.05) is 10.4 Å². The Bertz CT molecular complexity index is 644. The molecule has 2 heterocycles. The Morgan fingerprint density at radius 3 is 3.10 bits per heavy atom. The summed E-state index contributed by atoms with van der Waals surface area (Å²) < 4.78 is 5.37. The summed E-state index contributed by atoms with van der Waals surface area (Å²) in [6.07, 6.45) is 4.72. The molecule has 0 radical (unpaired) electrons. The van der Waals surface area contributed by atoms with Gasteiger partial charge in [0.05, 0.1) is 18.8 Å². The minimum absolute atomic E-state index is 0.472. The summed E-state index contributed by atoms with van der Waals surface area (Å²) in [6, 6.07) is 6.85. The third-order valence-electron chi connectivity index (χ3n) is 4.27. The molecule has 1 atom stereocenters. The van der Waals surface area contributed by atoms with Crippen LogP contribution < -0.4 is 10.1 Å². The van der Waals surface area contributed by atoms with E-state index >= 15 is 0 Å². The summed E-state index contributed by atoms with van der Waals surface area (Å²) in [6.45, 7) is 1.12. The predicted molar refractivity (Wildman–Crippen MR) is 81.5 cm³/mol. The molecule has 1 fully saturated rings. The Kier molecular flexibility index (Phi) is 3.00. The van der Waals surface area contributed by atoms with Crippen molar-refractivity contribution < 1.29 is 4.74 Å². The Morgan fingerprint density at radius 2 is 2.30 bits per heavy atom. The van der Waals surface area contributed by atoms with Crippen molar-refractivity contribution in [3.63, 3.8) is 0 Å². The Morgan fingerprint density at radius 1 is 1.35 bits per heavy atom. The molecule has 2 aromatic rings. The largest absolute Gasteiger partial charge is 0.497 e. The smallest absolute Gasteiger partial charge is 0.119 e. The van der Waals surface area contributed by atoms with Gasteiger partial charge >= 0.3 is 0 Å². The molecule has 1 N–H and O–H groups in total. The number of aryl methyl sites for hydroxylation is 2. The van der Waals surface area contributed by atoms with Crippen LogP contribution in [0.15, 0.2) is 18.2 Å². The van der Waals surface area contributed by atoms with Crippen LogP contribution in [-0.4, -0.2) is 18.6 Å². The molecule has 4 rings (SSSR count). The molecule has 1 unspecified atom stereocenters. The second kappa shape index (κ2) is 4.86. The summed E-state index contributed by atoms with van der Waals surface area (Å²) in [5.74, 6) is 0.921. The Hall–Kier alpha value is -1.39. The van der Waals surface area contributed by atoms with Crippen LogP contribution in [0, 0.1) is 0 Å². The van der Waals surface area contributed by atoms with Crippen molar-refractivity contribution in [1.29, 1.82) is 0 Å². The molecular weight excluding hydrogens is 268 g/mol. The van der Waals surface area contributed by atoms with E-state index in [9.17, 15) is 0 Å². The van der Waals surface area contributed by atoms with E-state index in [0.29, 0.717) is 6.04 Å². The normalized spacial score (nSPS) is 20.6. The van der Waals surface area contributed by atoms with Crippen LogP contribution >= 0.6 is 11.3 Å². The highest BCUT2D eigenvalue weighted by molar-refractivity contribution is 7.12. The van der Waals surface area contributed by atoms with Gasteiger partial charge in [-0.1, -0.05) is 6.07 Å². The number of methoxy groups -OCH3 is 1. The maximum absolute atomic E-state index is 5.37. The monoisotopic (exact) mass is 286 g/mol. The lowest BCUT2D eigenvalue weighted by molar-refractivity contribution is 0.415. The van der Waals surface area contributed by atoms with Crippen LogP contribution in [0.25, 0.3) is 11.3 Å². The molecule has 1 aliphatic carbocycles. The van der Waals surface area contributed by atoms with Crippen LogP contribution in [0.2, 0.25) is 0 Å². The third-order valence-corrected chi connectivity index (χ3v) is 5.49. The van der Waals surface area contributed by atoms with Crippen molar-refractivity contribution in [2.24, 2.45) is 0 Å². The maximum Gasteiger partial charge on any atom is 0.119 e. The standard InChI is InChI=1S/C16H18N2OS/c1-19-11-6-4-10-5-7-14-15(12(10)9-11)18-16(20-14)13-3-2-8-17-13/h4,6,9,13,17H,2-3,5,7-8H2,1H3. The first-order valence-corrected chi connectivity index (χ1v) is 8.07. The van der Waals surface area contributed by atoms with E-state index in [4.69, 9.17) is 9.72 Å². The van der Waals surface area contributed by atoms with Gasteiger partial charge in [-0.25, -0.2) is 4.98 Å². The summed E-state index contributed by atoms with van der Waals surface area (Å²) >= 11 is 1.90. The van der Waals surface area contributed by atoms with Gasteiger partial charge in [-0.05, 0) is 49.9 Å². The second-order valence-electron chi connectivity index (χ2n) is 5.50. The minimum atomic E-state index is 0.472. The highest BCUT2D eigenvalue weighted by Gasteiger charge is 2.25. The lowest BCUT2D eigenvalue weighted by Gasteiger charge is -2.15. The van der Waals surface area contributed by atoms with Crippen LogP contribution in [0.4, 0.5) is 0 Å². The number of nitrogens with one attached hydrogen (secondary N) is 1. The molecule has 0 saturated carbocycles. The predicted octanol–water partition coefficient (Wildman–Crippen LogP) is 3.34. The number of fused-ring (bicyclic) bond motifs is 3. The van der Waals surface area contributed by atoms with Crippen molar-refractivity contribution in [1.82, 2.24) is 10.3 Å². The molecule has 0 amide bonds. The van der Waals surface area contributed by atoms with Crippen LogP contribution in [-0.2, 0) is 12.8 Å². The fraction of sp³-hybridized carbons (Fsp3) is 0.438. The molecule has 1 aliphatic heterocycles. The van der Waals surface area contributed by atoms with Crippen molar-refractivity contribution in [2.75, 3.05) is 13.7 Å². The van der Waals surface area contributed by atoms with Crippen LogP contribution in [0.3, 0.4) is 0 Å². The Balaban J connectivity index is 1.78. The number of nitrogens with zero attached hydrogens (tertiary/aromatic N) is 1. The highest BCUT2D eigenvalue weighted by atomic mass is 32.1. The molecule has 1 aromatic heterocycles. The minimum Gasteiger partial charge on any atom is -0.497 e. The maximum atomic E-state index is 5.37. The molecule has 0 spiro atoms. The first-order chi connectivity index (χ1) is 9.85. The zero-order valence-electron chi connectivity index (χ0n) is 11.6. The first kappa shape index (κ1) is 12.4. The molecule has 20 heavy (non-hydrogen) atoms. The average molecular weight is 286 g/mol. The fourth-order valence-corrected chi connectivity index (χ4v) is 4.35. The molecule has 2 aliphatic rings. The number of aromatic nitrogens is 1. The molecule has 1 saturated heterocycles. The summed E-state index contributed by atoms with van der Waals surface area (Å²) in [5.41, 5.74) is 3.86. The first-order valence-electron chi connectivity index (χ1n) is 7.25. The van der Waals surface area contributed by atoms with E-state index in [-0.39, 0.29) is 0 Å². The van der Waals surface area contributed by atoms with Crippen molar-refractivity contribution in [3.05, 3.63) is 33.6 Å². The van der Waals surface area contributed by atoms with Gasteiger partial charge in [0.25, 0.3) is 0 Å². The summed E-state index contributed by atoms with van der Waals surface area (Å²) in [4.78, 5) is 6.39. The zero-order valence-corrected chi connectivity index (χ0v) is 12.4.